The molecule has 0 aliphatic heterocycles. The maximum Gasteiger partial charge on any atom is 0.437 e. The zero-order valence-electron chi connectivity index (χ0n) is 15.9. The molecule has 1 aromatic carbocycles. The van der Waals surface area contributed by atoms with Gasteiger partial charge < -0.3 is 9.26 Å². The van der Waals surface area contributed by atoms with Crippen LogP contribution in [0.2, 0.25) is 5.02 Å². The molecule has 30 heavy (non-hydrogen) atoms. The van der Waals surface area contributed by atoms with E-state index in [-0.39, 0.29) is 29.5 Å². The lowest BCUT2D eigenvalue weighted by Gasteiger charge is -2.04. The normalized spacial score (nSPS) is 11.0. The molecule has 4 aromatic rings. The van der Waals surface area contributed by atoms with Crippen LogP contribution in [0.4, 0.5) is 5.82 Å². The fourth-order valence-electron chi connectivity index (χ4n) is 3.07. The number of fused-ring (bicyclic) bond motifs is 1. The Balaban J connectivity index is 1.58. The molecule has 0 amide bonds. The molecule has 0 spiro atoms. The van der Waals surface area contributed by atoms with E-state index in [1.54, 1.807) is 19.1 Å². The highest BCUT2D eigenvalue weighted by Crippen LogP contribution is 2.17. The highest BCUT2D eigenvalue weighted by Gasteiger charge is 2.15. The fourth-order valence-corrected chi connectivity index (χ4v) is 3.20. The van der Waals surface area contributed by atoms with Crippen LogP contribution in [0, 0.1) is 13.5 Å². The number of rotatable bonds is 5. The van der Waals surface area contributed by atoms with E-state index in [9.17, 15) is 9.59 Å². The van der Waals surface area contributed by atoms with Gasteiger partial charge in [0.25, 0.3) is 17.0 Å². The van der Waals surface area contributed by atoms with Crippen LogP contribution in [0.25, 0.3) is 15.9 Å². The number of hydrogen-bond acceptors (Lipinski definition) is 6. The lowest BCUT2D eigenvalue weighted by Crippen LogP contribution is -2.22. The van der Waals surface area contributed by atoms with Crippen LogP contribution in [-0.2, 0) is 19.5 Å². The first-order chi connectivity index (χ1) is 14.4. The van der Waals surface area contributed by atoms with Crippen LogP contribution in [0.3, 0.4) is 0 Å². The summed E-state index contributed by atoms with van der Waals surface area (Å²) in [5.41, 5.74) is 1.47. The van der Waals surface area contributed by atoms with Crippen LogP contribution >= 0.6 is 11.6 Å². The van der Waals surface area contributed by atoms with Crippen molar-refractivity contribution in [2.45, 2.75) is 26.4 Å². The lowest BCUT2D eigenvalue weighted by molar-refractivity contribution is 0.434. The fraction of sp³-hybridized carbons (Fsp3) is 0.200. The third-order valence-corrected chi connectivity index (χ3v) is 4.82. The molecule has 10 heteroatoms. The van der Waals surface area contributed by atoms with Gasteiger partial charge in [0.05, 0.1) is 6.54 Å². The smallest absolute Gasteiger partial charge is 0.390 e. The van der Waals surface area contributed by atoms with Crippen LogP contribution in [0.1, 0.15) is 17.0 Å². The first-order valence-corrected chi connectivity index (χ1v) is 9.38. The van der Waals surface area contributed by atoms with E-state index in [4.69, 9.17) is 22.6 Å². The zero-order chi connectivity index (χ0) is 21.3. The average Bonchev–Trinajstić information content (AvgIpc) is 3.08. The first-order valence-electron chi connectivity index (χ1n) is 9.00. The van der Waals surface area contributed by atoms with E-state index in [0.717, 1.165) is 5.56 Å². The van der Waals surface area contributed by atoms with Crippen molar-refractivity contribution in [1.82, 2.24) is 24.3 Å². The standard InChI is InChI=1S/C20H15ClN6O3/c1-12-9-15(22-2)24-18-17(12)19(28)26(11-23-18)10-16-25-27(20(29)30-16)8-7-13-3-5-14(21)6-4-13/h3-6,9,11H,7-8,10H2,1H3. The SMILES string of the molecule is [C-]#[N+]c1cc(C)c2c(=O)n(Cc3nn(CCc4ccc(Cl)cc4)c(=O)o3)cnc2n1. The van der Waals surface area contributed by atoms with Gasteiger partial charge in [-0.25, -0.2) is 4.79 Å². The molecule has 0 saturated heterocycles. The van der Waals surface area contributed by atoms with Gasteiger partial charge in [0.1, 0.15) is 18.3 Å². The molecule has 3 aromatic heterocycles. The Morgan fingerprint density at radius 3 is 2.73 bits per heavy atom. The second-order valence-electron chi connectivity index (χ2n) is 6.65. The molecule has 0 unspecified atom stereocenters. The minimum Gasteiger partial charge on any atom is -0.390 e. The van der Waals surface area contributed by atoms with E-state index in [2.05, 4.69) is 19.9 Å². The summed E-state index contributed by atoms with van der Waals surface area (Å²) in [5, 5.41) is 5.13. The molecule has 150 valence electrons. The number of aromatic nitrogens is 5. The van der Waals surface area contributed by atoms with Crippen LogP contribution in [0.15, 0.2) is 50.7 Å². The Labute approximate surface area is 175 Å². The second kappa shape index (κ2) is 7.93. The van der Waals surface area contributed by atoms with Gasteiger partial charge in [0, 0.05) is 5.02 Å². The molecule has 0 radical (unpaired) electrons. The number of nitrogens with zero attached hydrogens (tertiary/aromatic N) is 6. The summed E-state index contributed by atoms with van der Waals surface area (Å²) >= 11 is 5.88. The Hall–Kier alpha value is -3.77. The molecule has 4 rings (SSSR count). The largest absolute Gasteiger partial charge is 0.437 e. The first kappa shape index (κ1) is 19.5. The van der Waals surface area contributed by atoms with Crippen molar-refractivity contribution in [2.75, 3.05) is 0 Å². The number of aryl methyl sites for hydroxylation is 3. The van der Waals surface area contributed by atoms with Crippen molar-refractivity contribution < 1.29 is 4.42 Å². The van der Waals surface area contributed by atoms with Crippen molar-refractivity contribution in [2.24, 2.45) is 0 Å². The molecule has 0 fully saturated rings. The summed E-state index contributed by atoms with van der Waals surface area (Å²) in [6.07, 6.45) is 1.88. The summed E-state index contributed by atoms with van der Waals surface area (Å²) in [4.78, 5) is 36.4. The third kappa shape index (κ3) is 3.86. The molecule has 3 heterocycles. The van der Waals surface area contributed by atoms with Crippen LogP contribution in [-0.4, -0.2) is 24.3 Å². The maximum absolute atomic E-state index is 12.8. The third-order valence-electron chi connectivity index (χ3n) is 4.57. The highest BCUT2D eigenvalue weighted by molar-refractivity contribution is 6.30. The topological polar surface area (TPSA) is 100 Å². The average molecular weight is 423 g/mol. The molecule has 0 saturated carbocycles. The molecule has 9 nitrogen and oxygen atoms in total. The van der Waals surface area contributed by atoms with Crippen LogP contribution in [0.5, 0.6) is 0 Å². The lowest BCUT2D eigenvalue weighted by atomic mass is 10.1. The van der Waals surface area contributed by atoms with Crippen molar-refractivity contribution in [3.05, 3.63) is 91.0 Å². The van der Waals surface area contributed by atoms with Crippen LogP contribution < -0.4 is 11.3 Å². The Morgan fingerprint density at radius 1 is 1.23 bits per heavy atom. The summed E-state index contributed by atoms with van der Waals surface area (Å²) < 4.78 is 7.71. The molecular weight excluding hydrogens is 408 g/mol. The summed E-state index contributed by atoms with van der Waals surface area (Å²) in [6.45, 7) is 9.08. The molecule has 0 aliphatic rings. The monoisotopic (exact) mass is 422 g/mol. The summed E-state index contributed by atoms with van der Waals surface area (Å²) in [7, 11) is 0. The van der Waals surface area contributed by atoms with Gasteiger partial charge in [-0.15, -0.1) is 5.10 Å². The van der Waals surface area contributed by atoms with Crippen molar-refractivity contribution in [3.63, 3.8) is 0 Å². The minimum absolute atomic E-state index is 0.0467. The van der Waals surface area contributed by atoms with Crippen molar-refractivity contribution in [3.8, 4) is 0 Å². The van der Waals surface area contributed by atoms with E-state index in [1.807, 2.05) is 12.1 Å². The van der Waals surface area contributed by atoms with Gasteiger partial charge in [0.15, 0.2) is 0 Å². The van der Waals surface area contributed by atoms with E-state index in [0.29, 0.717) is 28.9 Å². The Kier molecular flexibility index (Phi) is 5.16. The number of hydrogen-bond donors (Lipinski definition) is 0. The molecule has 0 N–H and O–H groups in total. The quantitative estimate of drug-likeness (QED) is 0.458. The van der Waals surface area contributed by atoms with E-state index < -0.39 is 5.76 Å². The summed E-state index contributed by atoms with van der Waals surface area (Å²) in [5.74, 6) is -0.321. The van der Waals surface area contributed by atoms with E-state index in [1.165, 1.54) is 21.6 Å². The zero-order valence-corrected chi connectivity index (χ0v) is 16.6. The van der Waals surface area contributed by atoms with Gasteiger partial charge in [-0.3, -0.25) is 9.36 Å². The van der Waals surface area contributed by atoms with Gasteiger partial charge >= 0.3 is 5.76 Å². The second-order valence-corrected chi connectivity index (χ2v) is 7.08. The predicted octanol–water partition coefficient (Wildman–Crippen LogP) is 2.74. The molecular formula is C20H15ClN6O3. The van der Waals surface area contributed by atoms with Gasteiger partial charge in [-0.05, 0) is 42.7 Å². The summed E-state index contributed by atoms with van der Waals surface area (Å²) in [6, 6.07) is 8.86. The maximum atomic E-state index is 12.8. The van der Waals surface area contributed by atoms with Crippen molar-refractivity contribution in [1.29, 1.82) is 0 Å². The molecule has 0 bridgehead atoms. The van der Waals surface area contributed by atoms with Crippen molar-refractivity contribution >= 4 is 28.5 Å². The highest BCUT2D eigenvalue weighted by atomic mass is 35.5. The number of benzene rings is 1. The predicted molar refractivity (Wildman–Crippen MR) is 110 cm³/mol. The Morgan fingerprint density at radius 2 is 2.00 bits per heavy atom. The number of pyridine rings is 1. The van der Waals surface area contributed by atoms with E-state index >= 15 is 0 Å². The minimum atomic E-state index is -0.597. The van der Waals surface area contributed by atoms with Gasteiger partial charge in [-0.1, -0.05) is 35.3 Å². The molecule has 0 atom stereocenters. The Bertz CT molecular complexity index is 1400. The van der Waals surface area contributed by atoms with Gasteiger partial charge in [0.2, 0.25) is 5.89 Å². The molecule has 0 aliphatic carbocycles. The van der Waals surface area contributed by atoms with Gasteiger partial charge in [-0.2, -0.15) is 9.67 Å². The number of halogens is 1.